The van der Waals surface area contributed by atoms with Gasteiger partial charge >= 0.3 is 0 Å². The van der Waals surface area contributed by atoms with Gasteiger partial charge < -0.3 is 4.98 Å². The van der Waals surface area contributed by atoms with Gasteiger partial charge in [-0.1, -0.05) is 34.1 Å². The Labute approximate surface area is 92.5 Å². The maximum absolute atomic E-state index is 4.74. The maximum Gasteiger partial charge on any atom is 0.111 e. The fourth-order valence-corrected chi connectivity index (χ4v) is 2.26. The molecule has 0 saturated carbocycles. The van der Waals surface area contributed by atoms with E-state index in [-0.39, 0.29) is 5.41 Å². The molecule has 0 spiro atoms. The predicted octanol–water partition coefficient (Wildman–Crippen LogP) is 3.22. The Morgan fingerprint density at radius 2 is 2.13 bits per heavy atom. The second kappa shape index (κ2) is 3.66. The SMILES string of the molecule is CCC1CCc2nc(C(C)(C)C)[nH]c2C1. The van der Waals surface area contributed by atoms with Gasteiger partial charge in [-0.15, -0.1) is 0 Å². The summed E-state index contributed by atoms with van der Waals surface area (Å²) in [5.41, 5.74) is 2.88. The molecule has 1 N–H and O–H groups in total. The van der Waals surface area contributed by atoms with Gasteiger partial charge in [-0.3, -0.25) is 0 Å². The molecule has 1 aromatic heterocycles. The average Bonchev–Trinajstić information content (AvgIpc) is 2.59. The molecule has 15 heavy (non-hydrogen) atoms. The minimum atomic E-state index is 0.152. The standard InChI is InChI=1S/C13H22N2/c1-5-9-6-7-10-11(8-9)15-12(14-10)13(2,3)4/h9H,5-8H2,1-4H3,(H,14,15). The van der Waals surface area contributed by atoms with Crippen molar-refractivity contribution in [1.29, 1.82) is 0 Å². The lowest BCUT2D eigenvalue weighted by Crippen LogP contribution is -2.13. The molecular weight excluding hydrogens is 184 g/mol. The van der Waals surface area contributed by atoms with E-state index in [0.717, 1.165) is 11.7 Å². The lowest BCUT2D eigenvalue weighted by Gasteiger charge is -2.19. The number of rotatable bonds is 1. The van der Waals surface area contributed by atoms with Crippen LogP contribution in [0.4, 0.5) is 0 Å². The third-order valence-electron chi connectivity index (χ3n) is 3.43. The Bertz CT molecular complexity index is 344. The number of hydrogen-bond donors (Lipinski definition) is 1. The molecule has 0 radical (unpaired) electrons. The van der Waals surface area contributed by atoms with Crippen molar-refractivity contribution in [3.05, 3.63) is 17.2 Å². The van der Waals surface area contributed by atoms with E-state index in [1.165, 1.54) is 37.1 Å². The second-order valence-electron chi connectivity index (χ2n) is 5.78. The van der Waals surface area contributed by atoms with Gasteiger partial charge in [-0.05, 0) is 25.2 Å². The van der Waals surface area contributed by atoms with Crippen LogP contribution in [-0.2, 0) is 18.3 Å². The van der Waals surface area contributed by atoms with Gasteiger partial charge in [0.25, 0.3) is 0 Å². The zero-order valence-electron chi connectivity index (χ0n) is 10.4. The van der Waals surface area contributed by atoms with Crippen LogP contribution >= 0.6 is 0 Å². The molecule has 0 bridgehead atoms. The van der Waals surface area contributed by atoms with Crippen molar-refractivity contribution in [2.45, 2.75) is 58.8 Å². The van der Waals surface area contributed by atoms with Crippen molar-refractivity contribution < 1.29 is 0 Å². The van der Waals surface area contributed by atoms with Crippen LogP contribution in [0.3, 0.4) is 0 Å². The summed E-state index contributed by atoms with van der Waals surface area (Å²) in [6.07, 6.45) is 4.98. The number of aryl methyl sites for hydroxylation is 1. The van der Waals surface area contributed by atoms with E-state index in [1.807, 2.05) is 0 Å². The first kappa shape index (κ1) is 10.7. The molecule has 2 nitrogen and oxygen atoms in total. The first-order valence-electron chi connectivity index (χ1n) is 6.09. The third kappa shape index (κ3) is 2.09. The summed E-state index contributed by atoms with van der Waals surface area (Å²) in [5.74, 6) is 2.02. The Kier molecular flexibility index (Phi) is 2.61. The fraction of sp³-hybridized carbons (Fsp3) is 0.769. The lowest BCUT2D eigenvalue weighted by molar-refractivity contribution is 0.437. The molecule has 0 aliphatic heterocycles. The van der Waals surface area contributed by atoms with Gasteiger partial charge in [0.1, 0.15) is 5.82 Å². The van der Waals surface area contributed by atoms with Crippen LogP contribution in [0.15, 0.2) is 0 Å². The van der Waals surface area contributed by atoms with Crippen molar-refractivity contribution in [3.63, 3.8) is 0 Å². The lowest BCUT2D eigenvalue weighted by atomic mass is 9.88. The van der Waals surface area contributed by atoms with E-state index < -0.39 is 0 Å². The topological polar surface area (TPSA) is 28.7 Å². The highest BCUT2D eigenvalue weighted by Gasteiger charge is 2.25. The number of aromatic amines is 1. The molecule has 1 aromatic rings. The summed E-state index contributed by atoms with van der Waals surface area (Å²) in [5, 5.41) is 0. The Morgan fingerprint density at radius 3 is 2.73 bits per heavy atom. The molecule has 1 aliphatic carbocycles. The fourth-order valence-electron chi connectivity index (χ4n) is 2.26. The number of nitrogens with one attached hydrogen (secondary N) is 1. The smallest absolute Gasteiger partial charge is 0.111 e. The van der Waals surface area contributed by atoms with Crippen LogP contribution in [-0.4, -0.2) is 9.97 Å². The molecule has 1 unspecified atom stereocenters. The van der Waals surface area contributed by atoms with Crippen LogP contribution in [0.5, 0.6) is 0 Å². The number of aromatic nitrogens is 2. The molecule has 2 heteroatoms. The maximum atomic E-state index is 4.74. The summed E-state index contributed by atoms with van der Waals surface area (Å²) >= 11 is 0. The quantitative estimate of drug-likeness (QED) is 0.751. The van der Waals surface area contributed by atoms with Crippen LogP contribution < -0.4 is 0 Å². The van der Waals surface area contributed by atoms with Gasteiger partial charge in [0.2, 0.25) is 0 Å². The van der Waals surface area contributed by atoms with E-state index >= 15 is 0 Å². The summed E-state index contributed by atoms with van der Waals surface area (Å²) < 4.78 is 0. The van der Waals surface area contributed by atoms with Gasteiger partial charge in [0.05, 0.1) is 5.69 Å². The highest BCUT2D eigenvalue weighted by atomic mass is 15.0. The van der Waals surface area contributed by atoms with Crippen molar-refractivity contribution in [1.82, 2.24) is 9.97 Å². The summed E-state index contributed by atoms with van der Waals surface area (Å²) in [4.78, 5) is 8.26. The molecule has 0 fully saturated rings. The van der Waals surface area contributed by atoms with Crippen LogP contribution in [0.25, 0.3) is 0 Å². The second-order valence-corrected chi connectivity index (χ2v) is 5.78. The third-order valence-corrected chi connectivity index (χ3v) is 3.43. The largest absolute Gasteiger partial charge is 0.345 e. The minimum absolute atomic E-state index is 0.152. The first-order valence-corrected chi connectivity index (χ1v) is 6.09. The highest BCUT2D eigenvalue weighted by Crippen LogP contribution is 2.28. The van der Waals surface area contributed by atoms with Crippen molar-refractivity contribution in [2.24, 2.45) is 5.92 Å². The number of H-pyrrole nitrogens is 1. The number of fused-ring (bicyclic) bond motifs is 1. The summed E-state index contributed by atoms with van der Waals surface area (Å²) in [7, 11) is 0. The minimum Gasteiger partial charge on any atom is -0.345 e. The van der Waals surface area contributed by atoms with Gasteiger partial charge in [0.15, 0.2) is 0 Å². The zero-order chi connectivity index (χ0) is 11.1. The van der Waals surface area contributed by atoms with Gasteiger partial charge in [0, 0.05) is 11.1 Å². The Balaban J connectivity index is 2.26. The summed E-state index contributed by atoms with van der Waals surface area (Å²) in [6.45, 7) is 8.94. The van der Waals surface area contributed by atoms with Gasteiger partial charge in [-0.25, -0.2) is 4.98 Å². The van der Waals surface area contributed by atoms with Crippen molar-refractivity contribution >= 4 is 0 Å². The van der Waals surface area contributed by atoms with Crippen LogP contribution in [0.1, 0.15) is 57.7 Å². The van der Waals surface area contributed by atoms with Gasteiger partial charge in [-0.2, -0.15) is 0 Å². The number of hydrogen-bond acceptors (Lipinski definition) is 1. The average molecular weight is 206 g/mol. The molecule has 1 aliphatic rings. The zero-order valence-corrected chi connectivity index (χ0v) is 10.4. The van der Waals surface area contributed by atoms with E-state index in [4.69, 9.17) is 4.98 Å². The molecule has 1 atom stereocenters. The van der Waals surface area contributed by atoms with Crippen LogP contribution in [0, 0.1) is 5.92 Å². The Morgan fingerprint density at radius 1 is 1.40 bits per heavy atom. The monoisotopic (exact) mass is 206 g/mol. The van der Waals surface area contributed by atoms with Crippen molar-refractivity contribution in [3.8, 4) is 0 Å². The molecule has 0 amide bonds. The first-order chi connectivity index (χ1) is 7.00. The van der Waals surface area contributed by atoms with E-state index in [2.05, 4.69) is 32.7 Å². The molecule has 84 valence electrons. The molecule has 0 saturated heterocycles. The normalized spacial score (nSPS) is 21.5. The molecule has 1 heterocycles. The molecular formula is C13H22N2. The number of nitrogens with zero attached hydrogens (tertiary/aromatic N) is 1. The Hall–Kier alpha value is -0.790. The van der Waals surface area contributed by atoms with E-state index in [0.29, 0.717) is 0 Å². The van der Waals surface area contributed by atoms with Crippen molar-refractivity contribution in [2.75, 3.05) is 0 Å². The highest BCUT2D eigenvalue weighted by molar-refractivity contribution is 5.21. The van der Waals surface area contributed by atoms with E-state index in [9.17, 15) is 0 Å². The molecule has 0 aromatic carbocycles. The van der Waals surface area contributed by atoms with Crippen LogP contribution in [0.2, 0.25) is 0 Å². The molecule has 2 rings (SSSR count). The van der Waals surface area contributed by atoms with E-state index in [1.54, 1.807) is 0 Å². The predicted molar refractivity (Wildman–Crippen MR) is 63.1 cm³/mol. The summed E-state index contributed by atoms with van der Waals surface area (Å²) in [6, 6.07) is 0. The number of imidazole rings is 1.